The van der Waals surface area contributed by atoms with Crippen molar-refractivity contribution in [1.29, 1.82) is 0 Å². The molecular weight excluding hydrogens is 364 g/mol. The maximum atomic E-state index is 13.4. The Bertz CT molecular complexity index is 850. The van der Waals surface area contributed by atoms with Crippen LogP contribution in [0.1, 0.15) is 36.6 Å². The summed E-state index contributed by atoms with van der Waals surface area (Å²) < 4.78 is 26.4. The van der Waals surface area contributed by atoms with Crippen molar-refractivity contribution in [1.82, 2.24) is 10.6 Å². The number of nitrogens with one attached hydrogen (secondary N) is 3. The molecule has 2 aromatic rings. The molecular formula is C21H25F2N3O2. The topological polar surface area (TPSA) is 70.2 Å². The highest BCUT2D eigenvalue weighted by molar-refractivity contribution is 5.96. The number of aryl methyl sites for hydroxylation is 2. The van der Waals surface area contributed by atoms with Gasteiger partial charge < -0.3 is 10.6 Å². The molecule has 5 nitrogen and oxygen atoms in total. The molecule has 7 heteroatoms. The van der Waals surface area contributed by atoms with Gasteiger partial charge in [-0.15, -0.1) is 0 Å². The zero-order valence-electron chi connectivity index (χ0n) is 16.4. The van der Waals surface area contributed by atoms with Crippen LogP contribution in [0.4, 0.5) is 14.5 Å². The van der Waals surface area contributed by atoms with Crippen LogP contribution in [0.2, 0.25) is 0 Å². The zero-order valence-corrected chi connectivity index (χ0v) is 16.4. The van der Waals surface area contributed by atoms with Gasteiger partial charge in [-0.25, -0.2) is 8.78 Å². The lowest BCUT2D eigenvalue weighted by Gasteiger charge is -2.20. The summed E-state index contributed by atoms with van der Waals surface area (Å²) in [6, 6.07) is 8.29. The Morgan fingerprint density at radius 1 is 1.00 bits per heavy atom. The first-order valence-corrected chi connectivity index (χ1v) is 9.03. The van der Waals surface area contributed by atoms with E-state index in [0.29, 0.717) is 5.56 Å². The van der Waals surface area contributed by atoms with Gasteiger partial charge in [-0.2, -0.15) is 0 Å². The second-order valence-electron chi connectivity index (χ2n) is 6.82. The lowest BCUT2D eigenvalue weighted by molar-refractivity contribution is -0.125. The molecule has 0 radical (unpaired) electrons. The Balaban J connectivity index is 1.86. The molecule has 0 heterocycles. The third-order valence-corrected chi connectivity index (χ3v) is 4.51. The number of para-hydroxylation sites is 1. The van der Waals surface area contributed by atoms with E-state index in [9.17, 15) is 18.4 Å². The van der Waals surface area contributed by atoms with E-state index in [4.69, 9.17) is 0 Å². The summed E-state index contributed by atoms with van der Waals surface area (Å²) >= 11 is 0. The maximum Gasteiger partial charge on any atom is 0.243 e. The molecule has 2 rings (SSSR count). The lowest BCUT2D eigenvalue weighted by Crippen LogP contribution is -2.45. The zero-order chi connectivity index (χ0) is 20.8. The van der Waals surface area contributed by atoms with Crippen molar-refractivity contribution >= 4 is 17.5 Å². The van der Waals surface area contributed by atoms with Crippen molar-refractivity contribution < 1.29 is 18.4 Å². The molecule has 0 aliphatic heterocycles. The van der Waals surface area contributed by atoms with Crippen LogP contribution < -0.4 is 16.0 Å². The molecule has 3 N–H and O–H groups in total. The first-order valence-electron chi connectivity index (χ1n) is 9.03. The molecule has 0 aromatic heterocycles. The van der Waals surface area contributed by atoms with Crippen molar-refractivity contribution in [2.45, 2.75) is 39.8 Å². The molecule has 0 aliphatic rings. The van der Waals surface area contributed by atoms with E-state index in [2.05, 4.69) is 16.0 Å². The molecule has 0 bridgehead atoms. The third kappa shape index (κ3) is 5.60. The van der Waals surface area contributed by atoms with Crippen molar-refractivity contribution in [2.24, 2.45) is 0 Å². The standard InChI is InChI=1S/C21H25F2N3O2/c1-12-6-5-7-13(2)20(12)26-19(27)11-24-21(28)15(4)25-14(3)16-8-9-17(22)18(23)10-16/h5-10,14-15,25H,11H2,1-4H3,(H,24,28)(H,26,27)/t14-,15+/m0/s1. The number of halogens is 2. The molecule has 150 valence electrons. The minimum absolute atomic E-state index is 0.168. The van der Waals surface area contributed by atoms with Crippen molar-refractivity contribution in [2.75, 3.05) is 11.9 Å². The van der Waals surface area contributed by atoms with E-state index in [1.165, 1.54) is 6.07 Å². The quantitative estimate of drug-likeness (QED) is 0.680. The van der Waals surface area contributed by atoms with Gasteiger partial charge in [0, 0.05) is 11.7 Å². The number of hydrogen-bond acceptors (Lipinski definition) is 3. The molecule has 2 aromatic carbocycles. The first-order chi connectivity index (χ1) is 13.2. The summed E-state index contributed by atoms with van der Waals surface area (Å²) in [5, 5.41) is 8.37. The molecule has 2 amide bonds. The van der Waals surface area contributed by atoms with Gasteiger partial charge in [-0.05, 0) is 56.5 Å². The highest BCUT2D eigenvalue weighted by atomic mass is 19.2. The largest absolute Gasteiger partial charge is 0.346 e. The summed E-state index contributed by atoms with van der Waals surface area (Å²) in [4.78, 5) is 24.4. The van der Waals surface area contributed by atoms with Crippen molar-refractivity contribution in [3.63, 3.8) is 0 Å². The van der Waals surface area contributed by atoms with E-state index in [-0.39, 0.29) is 24.4 Å². The van der Waals surface area contributed by atoms with E-state index in [1.807, 2.05) is 32.0 Å². The maximum absolute atomic E-state index is 13.4. The fourth-order valence-electron chi connectivity index (χ4n) is 2.84. The summed E-state index contributed by atoms with van der Waals surface area (Å²) in [5.74, 6) is -2.55. The van der Waals surface area contributed by atoms with Crippen molar-refractivity contribution in [3.05, 3.63) is 64.7 Å². The number of anilines is 1. The van der Waals surface area contributed by atoms with Crippen LogP contribution in [0.15, 0.2) is 36.4 Å². The van der Waals surface area contributed by atoms with E-state index in [1.54, 1.807) is 13.8 Å². The van der Waals surface area contributed by atoms with E-state index < -0.39 is 17.7 Å². The summed E-state index contributed by atoms with van der Waals surface area (Å²) in [7, 11) is 0. The molecule has 2 atom stereocenters. The van der Waals surface area contributed by atoms with E-state index >= 15 is 0 Å². The molecule has 0 aliphatic carbocycles. The number of benzene rings is 2. The second kappa shape index (κ2) is 9.41. The van der Waals surface area contributed by atoms with Gasteiger partial charge in [0.25, 0.3) is 0 Å². The van der Waals surface area contributed by atoms with Gasteiger partial charge in [-0.3, -0.25) is 14.9 Å². The fourth-order valence-corrected chi connectivity index (χ4v) is 2.84. The summed E-state index contributed by atoms with van der Waals surface area (Å²) in [6.45, 7) is 7.00. The van der Waals surface area contributed by atoms with Gasteiger partial charge in [0.2, 0.25) is 11.8 Å². The third-order valence-electron chi connectivity index (χ3n) is 4.51. The Labute approximate surface area is 163 Å². The predicted molar refractivity (Wildman–Crippen MR) is 105 cm³/mol. The van der Waals surface area contributed by atoms with Gasteiger partial charge in [0.1, 0.15) is 0 Å². The highest BCUT2D eigenvalue weighted by Gasteiger charge is 2.18. The van der Waals surface area contributed by atoms with Crippen LogP contribution in [-0.4, -0.2) is 24.4 Å². The minimum atomic E-state index is -0.938. The normalized spacial score (nSPS) is 12.9. The number of hydrogen-bond donors (Lipinski definition) is 3. The number of carbonyl (C=O) groups excluding carboxylic acids is 2. The van der Waals surface area contributed by atoms with Crippen LogP contribution in [0.3, 0.4) is 0 Å². The molecule has 0 saturated carbocycles. The van der Waals surface area contributed by atoms with Gasteiger partial charge in [0.05, 0.1) is 12.6 Å². The van der Waals surface area contributed by atoms with Crippen LogP contribution in [0.5, 0.6) is 0 Å². The SMILES string of the molecule is Cc1cccc(C)c1NC(=O)CNC(=O)[C@@H](C)N[C@@H](C)c1ccc(F)c(F)c1. The molecule has 0 saturated heterocycles. The van der Waals surface area contributed by atoms with Gasteiger partial charge >= 0.3 is 0 Å². The van der Waals surface area contributed by atoms with Crippen molar-refractivity contribution in [3.8, 4) is 0 Å². The van der Waals surface area contributed by atoms with Crippen LogP contribution in [-0.2, 0) is 9.59 Å². The number of amides is 2. The van der Waals surface area contributed by atoms with Crippen LogP contribution in [0, 0.1) is 25.5 Å². The average molecular weight is 389 g/mol. The molecule has 28 heavy (non-hydrogen) atoms. The molecule has 0 spiro atoms. The fraction of sp³-hybridized carbons (Fsp3) is 0.333. The Hall–Kier alpha value is -2.80. The Morgan fingerprint density at radius 3 is 2.25 bits per heavy atom. The average Bonchev–Trinajstić information content (AvgIpc) is 2.64. The lowest BCUT2D eigenvalue weighted by atomic mass is 10.1. The molecule has 0 fully saturated rings. The smallest absolute Gasteiger partial charge is 0.243 e. The van der Waals surface area contributed by atoms with Crippen LogP contribution in [0.25, 0.3) is 0 Å². The molecule has 0 unspecified atom stereocenters. The predicted octanol–water partition coefficient (Wildman–Crippen LogP) is 3.38. The summed E-state index contributed by atoms with van der Waals surface area (Å²) in [6.07, 6.45) is 0. The van der Waals surface area contributed by atoms with Gasteiger partial charge in [-0.1, -0.05) is 24.3 Å². The van der Waals surface area contributed by atoms with Gasteiger partial charge in [0.15, 0.2) is 11.6 Å². The first kappa shape index (κ1) is 21.5. The number of rotatable bonds is 7. The highest BCUT2D eigenvalue weighted by Crippen LogP contribution is 2.19. The van der Waals surface area contributed by atoms with Crippen LogP contribution >= 0.6 is 0 Å². The monoisotopic (exact) mass is 389 g/mol. The number of carbonyl (C=O) groups is 2. The Morgan fingerprint density at radius 2 is 1.64 bits per heavy atom. The summed E-state index contributed by atoms with van der Waals surface area (Å²) in [5.41, 5.74) is 3.14. The second-order valence-corrected chi connectivity index (χ2v) is 6.82. The van der Waals surface area contributed by atoms with E-state index in [0.717, 1.165) is 28.9 Å². The minimum Gasteiger partial charge on any atom is -0.346 e. The Kier molecular flexibility index (Phi) is 7.23.